The highest BCUT2D eigenvalue weighted by atomic mass is 35.5. The lowest BCUT2D eigenvalue weighted by Gasteiger charge is -2.14. The van der Waals surface area contributed by atoms with E-state index < -0.39 is 0 Å². The molecule has 0 heterocycles. The summed E-state index contributed by atoms with van der Waals surface area (Å²) in [5, 5.41) is 6.84. The van der Waals surface area contributed by atoms with Crippen molar-refractivity contribution in [2.45, 2.75) is 26.7 Å². The number of carbonyl (C=O) groups excluding carboxylic acids is 1. The lowest BCUT2D eigenvalue weighted by molar-refractivity contribution is -0.115. The molecule has 0 radical (unpaired) electrons. The Morgan fingerprint density at radius 1 is 1.18 bits per heavy atom. The largest absolute Gasteiger partial charge is 0.384 e. The summed E-state index contributed by atoms with van der Waals surface area (Å²) in [6.45, 7) is 4.81. The molecular weight excluding hydrogens is 296 g/mol. The fourth-order valence-electron chi connectivity index (χ4n) is 2.37. The van der Waals surface area contributed by atoms with E-state index in [4.69, 9.17) is 11.6 Å². The second-order valence-electron chi connectivity index (χ2n) is 5.20. The molecule has 0 aromatic heterocycles. The van der Waals surface area contributed by atoms with Crippen LogP contribution in [0.3, 0.4) is 0 Å². The summed E-state index contributed by atoms with van der Waals surface area (Å²) in [5.74, 6) is -0.0265. The molecule has 0 aliphatic rings. The maximum Gasteiger partial charge on any atom is 0.226 e. The van der Waals surface area contributed by atoms with E-state index in [2.05, 4.69) is 42.7 Å². The number of carbonyl (C=O) groups is 1. The molecule has 0 spiro atoms. The normalized spacial score (nSPS) is 10.3. The van der Waals surface area contributed by atoms with Crippen LogP contribution in [-0.2, 0) is 11.2 Å². The van der Waals surface area contributed by atoms with Gasteiger partial charge in [0.15, 0.2) is 0 Å². The molecule has 0 unspecified atom stereocenters. The lowest BCUT2D eigenvalue weighted by atomic mass is 10.1. The first kappa shape index (κ1) is 16.4. The van der Waals surface area contributed by atoms with E-state index >= 15 is 0 Å². The van der Waals surface area contributed by atoms with Crippen LogP contribution < -0.4 is 10.6 Å². The zero-order valence-electron chi connectivity index (χ0n) is 12.9. The maximum atomic E-state index is 12.0. The van der Waals surface area contributed by atoms with Gasteiger partial charge in [0, 0.05) is 29.4 Å². The molecule has 0 saturated heterocycles. The smallest absolute Gasteiger partial charge is 0.226 e. The highest BCUT2D eigenvalue weighted by Gasteiger charge is 2.06. The Balaban J connectivity index is 1.87. The highest BCUT2D eigenvalue weighted by molar-refractivity contribution is 6.30. The second-order valence-corrected chi connectivity index (χ2v) is 5.63. The predicted octanol–water partition coefficient (Wildman–Crippen LogP) is 4.65. The minimum absolute atomic E-state index is 0.0265. The van der Waals surface area contributed by atoms with Gasteiger partial charge in [-0.05, 0) is 42.7 Å². The third-order valence-corrected chi connectivity index (χ3v) is 3.74. The molecule has 1 amide bonds. The van der Waals surface area contributed by atoms with Crippen LogP contribution in [0.15, 0.2) is 42.5 Å². The molecule has 116 valence electrons. The number of halogens is 1. The molecule has 22 heavy (non-hydrogen) atoms. The van der Waals surface area contributed by atoms with Crippen LogP contribution in [-0.4, -0.2) is 12.5 Å². The molecule has 2 aromatic carbocycles. The Bertz CT molecular complexity index is 655. The van der Waals surface area contributed by atoms with Crippen molar-refractivity contribution in [2.75, 3.05) is 17.2 Å². The number of nitrogens with one attached hydrogen (secondary N) is 2. The number of aryl methyl sites for hydroxylation is 2. The van der Waals surface area contributed by atoms with Crippen LogP contribution in [0.2, 0.25) is 5.02 Å². The monoisotopic (exact) mass is 316 g/mol. The highest BCUT2D eigenvalue weighted by Crippen LogP contribution is 2.21. The molecule has 2 rings (SSSR count). The van der Waals surface area contributed by atoms with E-state index in [0.717, 1.165) is 17.8 Å². The van der Waals surface area contributed by atoms with Crippen LogP contribution in [0, 0.1) is 6.92 Å². The standard InChI is InChI=1S/C18H21ClN2O/c1-3-14-7-4-6-13(2)18(14)20-11-10-17(22)21-16-9-5-8-15(19)12-16/h4-9,12,20H,3,10-11H2,1-2H3,(H,21,22). The van der Waals surface area contributed by atoms with Crippen LogP contribution >= 0.6 is 11.6 Å². The summed E-state index contributed by atoms with van der Waals surface area (Å²) < 4.78 is 0. The average molecular weight is 317 g/mol. The topological polar surface area (TPSA) is 41.1 Å². The average Bonchev–Trinajstić information content (AvgIpc) is 2.48. The Labute approximate surface area is 136 Å². The number of rotatable bonds is 6. The Morgan fingerprint density at radius 3 is 2.68 bits per heavy atom. The number of benzene rings is 2. The Kier molecular flexibility index (Phi) is 5.84. The van der Waals surface area contributed by atoms with Crippen molar-refractivity contribution in [3.8, 4) is 0 Å². The molecule has 2 aromatic rings. The zero-order chi connectivity index (χ0) is 15.9. The summed E-state index contributed by atoms with van der Waals surface area (Å²) in [7, 11) is 0. The second kappa shape index (κ2) is 7.85. The SMILES string of the molecule is CCc1cccc(C)c1NCCC(=O)Nc1cccc(Cl)c1. The van der Waals surface area contributed by atoms with Crippen LogP contribution in [0.4, 0.5) is 11.4 Å². The summed E-state index contributed by atoms with van der Waals surface area (Å²) >= 11 is 5.90. The minimum Gasteiger partial charge on any atom is -0.384 e. The van der Waals surface area contributed by atoms with Crippen molar-refractivity contribution in [2.24, 2.45) is 0 Å². The van der Waals surface area contributed by atoms with Gasteiger partial charge in [-0.3, -0.25) is 4.79 Å². The van der Waals surface area contributed by atoms with E-state index in [1.54, 1.807) is 12.1 Å². The fourth-order valence-corrected chi connectivity index (χ4v) is 2.56. The maximum absolute atomic E-state index is 12.0. The van der Waals surface area contributed by atoms with Crippen molar-refractivity contribution in [3.63, 3.8) is 0 Å². The molecular formula is C18H21ClN2O. The van der Waals surface area contributed by atoms with Gasteiger partial charge in [0.05, 0.1) is 0 Å². The van der Waals surface area contributed by atoms with Gasteiger partial charge in [-0.1, -0.05) is 42.8 Å². The number of amides is 1. The number of para-hydroxylation sites is 1. The molecule has 3 nitrogen and oxygen atoms in total. The van der Waals surface area contributed by atoms with E-state index in [1.165, 1.54) is 11.1 Å². The van der Waals surface area contributed by atoms with E-state index in [0.29, 0.717) is 18.0 Å². The molecule has 0 bridgehead atoms. The first-order chi connectivity index (χ1) is 10.6. The molecule has 0 atom stereocenters. The van der Waals surface area contributed by atoms with Crippen LogP contribution in [0.1, 0.15) is 24.5 Å². The minimum atomic E-state index is -0.0265. The molecule has 2 N–H and O–H groups in total. The third kappa shape index (κ3) is 4.50. The van der Waals surface area contributed by atoms with Crippen molar-refractivity contribution in [1.29, 1.82) is 0 Å². The van der Waals surface area contributed by atoms with Gasteiger partial charge < -0.3 is 10.6 Å². The van der Waals surface area contributed by atoms with Gasteiger partial charge in [0.25, 0.3) is 0 Å². The third-order valence-electron chi connectivity index (χ3n) is 3.50. The molecule has 0 aliphatic carbocycles. The summed E-state index contributed by atoms with van der Waals surface area (Å²) in [5.41, 5.74) is 4.34. The molecule has 4 heteroatoms. The van der Waals surface area contributed by atoms with E-state index in [-0.39, 0.29) is 5.91 Å². The van der Waals surface area contributed by atoms with Gasteiger partial charge in [0.1, 0.15) is 0 Å². The number of anilines is 2. The van der Waals surface area contributed by atoms with Gasteiger partial charge in [-0.2, -0.15) is 0 Å². The molecule has 0 aliphatic heterocycles. The Hall–Kier alpha value is -2.00. The van der Waals surface area contributed by atoms with Crippen molar-refractivity contribution >= 4 is 28.9 Å². The summed E-state index contributed by atoms with van der Waals surface area (Å²) in [6, 6.07) is 13.4. The van der Waals surface area contributed by atoms with Crippen LogP contribution in [0.5, 0.6) is 0 Å². The summed E-state index contributed by atoms with van der Waals surface area (Å²) in [6.07, 6.45) is 1.38. The molecule has 0 fully saturated rings. The number of hydrogen-bond donors (Lipinski definition) is 2. The van der Waals surface area contributed by atoms with E-state index in [9.17, 15) is 4.79 Å². The van der Waals surface area contributed by atoms with Crippen molar-refractivity contribution < 1.29 is 4.79 Å². The zero-order valence-corrected chi connectivity index (χ0v) is 13.7. The van der Waals surface area contributed by atoms with Gasteiger partial charge >= 0.3 is 0 Å². The Morgan fingerprint density at radius 2 is 1.95 bits per heavy atom. The van der Waals surface area contributed by atoms with Crippen LogP contribution in [0.25, 0.3) is 0 Å². The summed E-state index contributed by atoms with van der Waals surface area (Å²) in [4.78, 5) is 12.0. The van der Waals surface area contributed by atoms with Gasteiger partial charge in [-0.15, -0.1) is 0 Å². The van der Waals surface area contributed by atoms with Crippen molar-refractivity contribution in [1.82, 2.24) is 0 Å². The van der Waals surface area contributed by atoms with Gasteiger partial charge in [0.2, 0.25) is 5.91 Å². The predicted molar refractivity (Wildman–Crippen MR) is 93.7 cm³/mol. The molecule has 0 saturated carbocycles. The number of hydrogen-bond acceptors (Lipinski definition) is 2. The fraction of sp³-hybridized carbons (Fsp3) is 0.278. The van der Waals surface area contributed by atoms with E-state index in [1.807, 2.05) is 12.1 Å². The quantitative estimate of drug-likeness (QED) is 0.814. The van der Waals surface area contributed by atoms with Gasteiger partial charge in [-0.25, -0.2) is 0 Å². The van der Waals surface area contributed by atoms with Crippen molar-refractivity contribution in [3.05, 3.63) is 58.6 Å². The lowest BCUT2D eigenvalue weighted by Crippen LogP contribution is -2.17. The first-order valence-corrected chi connectivity index (χ1v) is 7.85. The first-order valence-electron chi connectivity index (χ1n) is 7.48.